The number of benzene rings is 1. The summed E-state index contributed by atoms with van der Waals surface area (Å²) in [6, 6.07) is 5.29. The van der Waals surface area contributed by atoms with Crippen molar-refractivity contribution in [1.29, 1.82) is 0 Å². The van der Waals surface area contributed by atoms with Gasteiger partial charge < -0.3 is 5.73 Å². The molecular weight excluding hydrogens is 177 g/mol. The summed E-state index contributed by atoms with van der Waals surface area (Å²) in [5, 5.41) is 0. The van der Waals surface area contributed by atoms with Crippen molar-refractivity contribution in [2.75, 3.05) is 0 Å². The van der Waals surface area contributed by atoms with Crippen LogP contribution >= 0.6 is 0 Å². The lowest BCUT2D eigenvalue weighted by Gasteiger charge is -2.17. The Morgan fingerprint density at radius 1 is 1.36 bits per heavy atom. The van der Waals surface area contributed by atoms with Crippen LogP contribution < -0.4 is 5.73 Å². The molecule has 1 saturated carbocycles. The van der Waals surface area contributed by atoms with Crippen molar-refractivity contribution in [3.63, 3.8) is 0 Å². The summed E-state index contributed by atoms with van der Waals surface area (Å²) in [5.74, 6) is 0.286. The molecule has 1 aliphatic carbocycles. The molecule has 0 bridgehead atoms. The maximum Gasteiger partial charge on any atom is 0.123 e. The van der Waals surface area contributed by atoms with Crippen LogP contribution in [-0.2, 0) is 0 Å². The van der Waals surface area contributed by atoms with Crippen molar-refractivity contribution in [3.8, 4) is 0 Å². The average molecular weight is 193 g/mol. The van der Waals surface area contributed by atoms with Gasteiger partial charge in [0.1, 0.15) is 5.82 Å². The van der Waals surface area contributed by atoms with Gasteiger partial charge in [-0.2, -0.15) is 0 Å². The Hall–Kier alpha value is -0.890. The van der Waals surface area contributed by atoms with Crippen LogP contribution in [0.15, 0.2) is 18.2 Å². The zero-order valence-electron chi connectivity index (χ0n) is 8.46. The summed E-state index contributed by atoms with van der Waals surface area (Å²) in [4.78, 5) is 0. The third-order valence-corrected chi connectivity index (χ3v) is 3.20. The first-order chi connectivity index (χ1) is 6.68. The summed E-state index contributed by atoms with van der Waals surface area (Å²) in [6.07, 6.45) is 3.44. The van der Waals surface area contributed by atoms with Gasteiger partial charge in [-0.15, -0.1) is 0 Å². The maximum absolute atomic E-state index is 12.9. The highest BCUT2D eigenvalue weighted by atomic mass is 19.1. The van der Waals surface area contributed by atoms with Crippen LogP contribution in [0.3, 0.4) is 0 Å². The lowest BCUT2D eigenvalue weighted by molar-refractivity contribution is 0.599. The molecule has 1 aromatic rings. The number of halogens is 1. The van der Waals surface area contributed by atoms with Crippen molar-refractivity contribution >= 4 is 0 Å². The summed E-state index contributed by atoms with van der Waals surface area (Å²) >= 11 is 0. The third kappa shape index (κ3) is 1.67. The Balaban J connectivity index is 2.31. The van der Waals surface area contributed by atoms with Gasteiger partial charge in [0.15, 0.2) is 0 Å². The monoisotopic (exact) mass is 193 g/mol. The second kappa shape index (κ2) is 3.70. The van der Waals surface area contributed by atoms with Gasteiger partial charge in [0.05, 0.1) is 0 Å². The normalized spacial score (nSPS) is 26.8. The summed E-state index contributed by atoms with van der Waals surface area (Å²) in [5.41, 5.74) is 8.29. The van der Waals surface area contributed by atoms with E-state index in [0.29, 0.717) is 5.92 Å². The molecule has 2 rings (SSSR count). The minimum Gasteiger partial charge on any atom is -0.327 e. The van der Waals surface area contributed by atoms with Crippen molar-refractivity contribution in [2.45, 2.75) is 38.1 Å². The molecule has 2 heteroatoms. The Morgan fingerprint density at radius 3 is 2.71 bits per heavy atom. The number of nitrogens with two attached hydrogens (primary N) is 1. The molecule has 2 unspecified atom stereocenters. The SMILES string of the molecule is Cc1cc(F)ccc1C1CCCC1N. The van der Waals surface area contributed by atoms with E-state index in [1.54, 1.807) is 6.07 Å². The van der Waals surface area contributed by atoms with Crippen molar-refractivity contribution in [1.82, 2.24) is 0 Å². The molecule has 0 heterocycles. The van der Waals surface area contributed by atoms with Crippen molar-refractivity contribution in [3.05, 3.63) is 35.1 Å². The molecule has 76 valence electrons. The smallest absolute Gasteiger partial charge is 0.123 e. The van der Waals surface area contributed by atoms with E-state index in [4.69, 9.17) is 5.73 Å². The first-order valence-electron chi connectivity index (χ1n) is 5.20. The van der Waals surface area contributed by atoms with Crippen LogP contribution in [0.1, 0.15) is 36.3 Å². The predicted octanol–water partition coefficient (Wildman–Crippen LogP) is 2.73. The quantitative estimate of drug-likeness (QED) is 0.729. The van der Waals surface area contributed by atoms with Gasteiger partial charge in [-0.05, 0) is 48.9 Å². The van der Waals surface area contributed by atoms with E-state index in [0.717, 1.165) is 18.4 Å². The van der Waals surface area contributed by atoms with Gasteiger partial charge in [-0.1, -0.05) is 12.5 Å². The van der Waals surface area contributed by atoms with Crippen LogP contribution in [0.4, 0.5) is 4.39 Å². The molecule has 1 aromatic carbocycles. The zero-order valence-corrected chi connectivity index (χ0v) is 8.46. The van der Waals surface area contributed by atoms with E-state index in [2.05, 4.69) is 0 Å². The first-order valence-corrected chi connectivity index (χ1v) is 5.20. The molecule has 1 fully saturated rings. The number of hydrogen-bond donors (Lipinski definition) is 1. The van der Waals surface area contributed by atoms with E-state index in [1.807, 2.05) is 13.0 Å². The van der Waals surface area contributed by atoms with Gasteiger partial charge >= 0.3 is 0 Å². The van der Waals surface area contributed by atoms with Crippen LogP contribution in [0.2, 0.25) is 0 Å². The molecule has 0 amide bonds. The topological polar surface area (TPSA) is 26.0 Å². The standard InChI is InChI=1S/C12H16FN/c1-8-7-9(13)5-6-10(8)11-3-2-4-12(11)14/h5-7,11-12H,2-4,14H2,1H3. The number of hydrogen-bond acceptors (Lipinski definition) is 1. The lowest BCUT2D eigenvalue weighted by Crippen LogP contribution is -2.23. The average Bonchev–Trinajstić information content (AvgIpc) is 2.52. The van der Waals surface area contributed by atoms with Gasteiger partial charge in [0.25, 0.3) is 0 Å². The van der Waals surface area contributed by atoms with Crippen molar-refractivity contribution in [2.24, 2.45) is 5.73 Å². The van der Waals surface area contributed by atoms with Crippen molar-refractivity contribution < 1.29 is 4.39 Å². The highest BCUT2D eigenvalue weighted by Gasteiger charge is 2.26. The van der Waals surface area contributed by atoms with E-state index >= 15 is 0 Å². The predicted molar refractivity (Wildman–Crippen MR) is 55.7 cm³/mol. The molecule has 1 aliphatic rings. The lowest BCUT2D eigenvalue weighted by atomic mass is 9.91. The molecule has 0 radical (unpaired) electrons. The highest BCUT2D eigenvalue weighted by molar-refractivity contribution is 5.31. The molecule has 0 spiro atoms. The van der Waals surface area contributed by atoms with Crippen LogP contribution in [-0.4, -0.2) is 6.04 Å². The first kappa shape index (κ1) is 9.66. The highest BCUT2D eigenvalue weighted by Crippen LogP contribution is 2.34. The molecule has 2 N–H and O–H groups in total. The zero-order chi connectivity index (χ0) is 10.1. The van der Waals surface area contributed by atoms with E-state index < -0.39 is 0 Å². The molecule has 0 saturated heterocycles. The Bertz CT molecular complexity index is 335. The van der Waals surface area contributed by atoms with Crippen LogP contribution in [0.5, 0.6) is 0 Å². The van der Waals surface area contributed by atoms with E-state index in [-0.39, 0.29) is 11.9 Å². The van der Waals surface area contributed by atoms with Crippen LogP contribution in [0.25, 0.3) is 0 Å². The Morgan fingerprint density at radius 2 is 2.14 bits per heavy atom. The Kier molecular flexibility index (Phi) is 2.55. The Labute approximate surface area is 84.1 Å². The minimum absolute atomic E-state index is 0.155. The summed E-state index contributed by atoms with van der Waals surface area (Å²) < 4.78 is 12.9. The molecule has 0 aliphatic heterocycles. The van der Waals surface area contributed by atoms with Gasteiger partial charge in [0, 0.05) is 6.04 Å². The molecule has 2 atom stereocenters. The van der Waals surface area contributed by atoms with Gasteiger partial charge in [-0.25, -0.2) is 4.39 Å². The maximum atomic E-state index is 12.9. The van der Waals surface area contributed by atoms with E-state index in [1.165, 1.54) is 18.1 Å². The fraction of sp³-hybridized carbons (Fsp3) is 0.500. The number of rotatable bonds is 1. The molecule has 1 nitrogen and oxygen atoms in total. The largest absolute Gasteiger partial charge is 0.327 e. The van der Waals surface area contributed by atoms with E-state index in [9.17, 15) is 4.39 Å². The van der Waals surface area contributed by atoms with Crippen LogP contribution in [0, 0.1) is 12.7 Å². The molecule has 14 heavy (non-hydrogen) atoms. The molecular formula is C12H16FN. The fourth-order valence-electron chi connectivity index (χ4n) is 2.43. The second-order valence-corrected chi connectivity index (χ2v) is 4.20. The number of aryl methyl sites for hydroxylation is 1. The van der Waals surface area contributed by atoms with Gasteiger partial charge in [0.2, 0.25) is 0 Å². The fourth-order valence-corrected chi connectivity index (χ4v) is 2.43. The third-order valence-electron chi connectivity index (χ3n) is 3.20. The summed E-state index contributed by atoms with van der Waals surface area (Å²) in [7, 11) is 0. The minimum atomic E-state index is -0.155. The second-order valence-electron chi connectivity index (χ2n) is 4.20. The summed E-state index contributed by atoms with van der Waals surface area (Å²) in [6.45, 7) is 1.96. The molecule has 0 aromatic heterocycles. The van der Waals surface area contributed by atoms with Gasteiger partial charge in [-0.3, -0.25) is 0 Å².